The van der Waals surface area contributed by atoms with Gasteiger partial charge in [0.2, 0.25) is 5.88 Å². The number of carbonyl (C=O) groups is 2. The summed E-state index contributed by atoms with van der Waals surface area (Å²) >= 11 is 0. The topological polar surface area (TPSA) is 75.6 Å². The third kappa shape index (κ3) is 2.58. The van der Waals surface area contributed by atoms with Gasteiger partial charge in [-0.05, 0) is 42.8 Å². The van der Waals surface area contributed by atoms with Crippen LogP contribution in [0.3, 0.4) is 0 Å². The van der Waals surface area contributed by atoms with Crippen molar-refractivity contribution in [2.75, 3.05) is 16.8 Å². The fraction of sp³-hybridized carbons (Fsp3) is 0.182. The smallest absolute Gasteiger partial charge is 0.267 e. The van der Waals surface area contributed by atoms with Crippen LogP contribution in [0.2, 0.25) is 0 Å². The predicted octanol–water partition coefficient (Wildman–Crippen LogP) is 2.97. The van der Waals surface area contributed by atoms with Crippen molar-refractivity contribution < 1.29 is 14.3 Å². The first-order chi connectivity index (χ1) is 14.1. The molecule has 0 fully saturated rings. The Kier molecular flexibility index (Phi) is 3.84. The maximum absolute atomic E-state index is 13.3. The second-order valence-electron chi connectivity index (χ2n) is 7.07. The lowest BCUT2D eigenvalue weighted by atomic mass is 10.0. The Morgan fingerprint density at radius 2 is 1.79 bits per heavy atom. The lowest BCUT2D eigenvalue weighted by Crippen LogP contribution is -2.42. The fourth-order valence-corrected chi connectivity index (χ4v) is 3.89. The number of likely N-dealkylation sites (N-methyl/N-ethyl adjacent to an activating group) is 1. The second-order valence-corrected chi connectivity index (χ2v) is 7.07. The average Bonchev–Trinajstić information content (AvgIpc) is 3.05. The molecule has 3 aromatic rings. The van der Waals surface area contributed by atoms with E-state index in [1.54, 1.807) is 37.2 Å². The SMILES string of the molecule is C[C@H]1Oc2nc(N3C(=O)c4ccccc4C3c3ccccn3)ccc2N(C)C1=O. The number of carbonyl (C=O) groups excluding carboxylic acids is 2. The molecule has 2 atom stereocenters. The van der Waals surface area contributed by atoms with Gasteiger partial charge in [0, 0.05) is 18.8 Å². The summed E-state index contributed by atoms with van der Waals surface area (Å²) in [6.07, 6.45) is 1.08. The molecule has 4 heterocycles. The van der Waals surface area contributed by atoms with Gasteiger partial charge >= 0.3 is 0 Å². The van der Waals surface area contributed by atoms with Crippen LogP contribution in [-0.2, 0) is 4.79 Å². The number of amides is 2. The highest BCUT2D eigenvalue weighted by molar-refractivity contribution is 6.11. The molecule has 5 rings (SSSR count). The van der Waals surface area contributed by atoms with E-state index in [9.17, 15) is 9.59 Å². The number of fused-ring (bicyclic) bond motifs is 2. The highest BCUT2D eigenvalue weighted by Gasteiger charge is 2.41. The van der Waals surface area contributed by atoms with Crippen molar-refractivity contribution in [3.8, 4) is 5.88 Å². The second kappa shape index (κ2) is 6.41. The Morgan fingerprint density at radius 3 is 2.59 bits per heavy atom. The van der Waals surface area contributed by atoms with E-state index in [0.717, 1.165) is 11.3 Å². The van der Waals surface area contributed by atoms with Crippen molar-refractivity contribution in [1.82, 2.24) is 9.97 Å². The lowest BCUT2D eigenvalue weighted by Gasteiger charge is -2.31. The van der Waals surface area contributed by atoms with E-state index < -0.39 is 6.10 Å². The van der Waals surface area contributed by atoms with Crippen molar-refractivity contribution in [1.29, 1.82) is 0 Å². The van der Waals surface area contributed by atoms with E-state index in [1.165, 1.54) is 4.90 Å². The number of benzene rings is 1. The van der Waals surface area contributed by atoms with Gasteiger partial charge in [-0.3, -0.25) is 19.5 Å². The Balaban J connectivity index is 1.64. The molecule has 0 spiro atoms. The third-order valence-electron chi connectivity index (χ3n) is 5.33. The van der Waals surface area contributed by atoms with E-state index in [-0.39, 0.29) is 17.9 Å². The highest BCUT2D eigenvalue weighted by atomic mass is 16.5. The van der Waals surface area contributed by atoms with E-state index >= 15 is 0 Å². The first kappa shape index (κ1) is 17.4. The standard InChI is InChI=1S/C22H18N4O3/c1-13-21(27)25(2)17-10-11-18(24-20(17)29-13)26-19(16-9-5-6-12-23-16)14-7-3-4-8-15(14)22(26)28/h3-13,19H,1-2H3/t13-,19?/m1/s1. The molecule has 144 valence electrons. The van der Waals surface area contributed by atoms with Gasteiger partial charge in [0.05, 0.1) is 5.69 Å². The molecule has 0 N–H and O–H groups in total. The Morgan fingerprint density at radius 1 is 1.00 bits per heavy atom. The molecule has 2 aromatic heterocycles. The van der Waals surface area contributed by atoms with Crippen LogP contribution >= 0.6 is 0 Å². The zero-order valence-corrected chi connectivity index (χ0v) is 15.9. The summed E-state index contributed by atoms with van der Waals surface area (Å²) in [6, 6.07) is 16.3. The Bertz CT molecular complexity index is 1130. The molecule has 29 heavy (non-hydrogen) atoms. The quantitative estimate of drug-likeness (QED) is 0.677. The van der Waals surface area contributed by atoms with Crippen LogP contribution in [0, 0.1) is 0 Å². The number of aromatic nitrogens is 2. The molecule has 0 saturated heterocycles. The van der Waals surface area contributed by atoms with Crippen molar-refractivity contribution in [2.24, 2.45) is 0 Å². The normalized spacial score (nSPS) is 20.3. The van der Waals surface area contributed by atoms with Crippen LogP contribution in [0.5, 0.6) is 5.88 Å². The molecule has 1 unspecified atom stereocenters. The zero-order chi connectivity index (χ0) is 20.1. The molecule has 0 radical (unpaired) electrons. The molecular weight excluding hydrogens is 368 g/mol. The average molecular weight is 386 g/mol. The van der Waals surface area contributed by atoms with Crippen molar-refractivity contribution in [3.05, 3.63) is 77.6 Å². The monoisotopic (exact) mass is 386 g/mol. The number of ether oxygens (including phenoxy) is 1. The van der Waals surface area contributed by atoms with Gasteiger partial charge in [0.25, 0.3) is 11.8 Å². The van der Waals surface area contributed by atoms with E-state index in [0.29, 0.717) is 22.9 Å². The fourth-order valence-electron chi connectivity index (χ4n) is 3.89. The van der Waals surface area contributed by atoms with E-state index in [1.807, 2.05) is 42.5 Å². The van der Waals surface area contributed by atoms with Crippen LogP contribution in [-0.4, -0.2) is 34.9 Å². The van der Waals surface area contributed by atoms with Crippen molar-refractivity contribution >= 4 is 23.3 Å². The van der Waals surface area contributed by atoms with E-state index in [2.05, 4.69) is 9.97 Å². The van der Waals surface area contributed by atoms with Gasteiger partial charge in [0.15, 0.2) is 6.10 Å². The number of nitrogens with zero attached hydrogens (tertiary/aromatic N) is 4. The summed E-state index contributed by atoms with van der Waals surface area (Å²) in [4.78, 5) is 37.7. The van der Waals surface area contributed by atoms with Crippen LogP contribution in [0.4, 0.5) is 11.5 Å². The minimum absolute atomic E-state index is 0.136. The van der Waals surface area contributed by atoms with Crippen LogP contribution in [0.25, 0.3) is 0 Å². The molecule has 2 aliphatic heterocycles. The minimum Gasteiger partial charge on any atom is -0.463 e. The summed E-state index contributed by atoms with van der Waals surface area (Å²) in [5.74, 6) is 0.510. The Hall–Kier alpha value is -3.74. The van der Waals surface area contributed by atoms with Gasteiger partial charge in [0.1, 0.15) is 17.5 Å². The molecule has 2 aliphatic rings. The third-order valence-corrected chi connectivity index (χ3v) is 5.33. The van der Waals surface area contributed by atoms with Gasteiger partial charge in [-0.15, -0.1) is 0 Å². The van der Waals surface area contributed by atoms with Crippen LogP contribution in [0.1, 0.15) is 34.6 Å². The van der Waals surface area contributed by atoms with Crippen LogP contribution in [0.15, 0.2) is 60.8 Å². The minimum atomic E-state index is -0.631. The van der Waals surface area contributed by atoms with E-state index in [4.69, 9.17) is 4.74 Å². The number of hydrogen-bond donors (Lipinski definition) is 0. The van der Waals surface area contributed by atoms with Gasteiger partial charge in [-0.25, -0.2) is 0 Å². The lowest BCUT2D eigenvalue weighted by molar-refractivity contribution is -0.125. The maximum atomic E-state index is 13.3. The largest absolute Gasteiger partial charge is 0.463 e. The maximum Gasteiger partial charge on any atom is 0.267 e. The molecular formula is C22H18N4O3. The van der Waals surface area contributed by atoms with Crippen molar-refractivity contribution in [2.45, 2.75) is 19.1 Å². The zero-order valence-electron chi connectivity index (χ0n) is 15.9. The van der Waals surface area contributed by atoms with Crippen LogP contribution < -0.4 is 14.5 Å². The number of pyridine rings is 2. The summed E-state index contributed by atoms with van der Waals surface area (Å²) in [7, 11) is 1.69. The molecule has 0 saturated carbocycles. The predicted molar refractivity (Wildman–Crippen MR) is 107 cm³/mol. The Labute approximate surface area is 167 Å². The number of rotatable bonds is 2. The van der Waals surface area contributed by atoms with Crippen molar-refractivity contribution in [3.63, 3.8) is 0 Å². The van der Waals surface area contributed by atoms with Gasteiger partial charge < -0.3 is 9.64 Å². The molecule has 0 aliphatic carbocycles. The summed E-state index contributed by atoms with van der Waals surface area (Å²) in [6.45, 7) is 1.68. The molecule has 1 aromatic carbocycles. The first-order valence-corrected chi connectivity index (χ1v) is 9.35. The summed E-state index contributed by atoms with van der Waals surface area (Å²) in [5, 5.41) is 0. The molecule has 7 nitrogen and oxygen atoms in total. The summed E-state index contributed by atoms with van der Waals surface area (Å²) < 4.78 is 5.71. The molecule has 7 heteroatoms. The van der Waals surface area contributed by atoms with Gasteiger partial charge in [-0.1, -0.05) is 24.3 Å². The number of anilines is 2. The highest BCUT2D eigenvalue weighted by Crippen LogP contribution is 2.42. The number of hydrogen-bond acceptors (Lipinski definition) is 5. The van der Waals surface area contributed by atoms with Gasteiger partial charge in [-0.2, -0.15) is 4.98 Å². The molecule has 0 bridgehead atoms. The summed E-state index contributed by atoms with van der Waals surface area (Å²) in [5.41, 5.74) is 2.85. The first-order valence-electron chi connectivity index (χ1n) is 9.35. The molecule has 2 amide bonds.